The number of nitrogens with zero attached hydrogens (tertiary/aromatic N) is 5. The molecule has 0 aliphatic rings. The van der Waals surface area contributed by atoms with Crippen LogP contribution in [0.1, 0.15) is 5.69 Å². The molecule has 61 heavy (non-hydrogen) atoms. The van der Waals surface area contributed by atoms with Crippen LogP contribution >= 0.6 is 0 Å². The minimum absolute atomic E-state index is 0.675. The molecule has 0 radical (unpaired) electrons. The summed E-state index contributed by atoms with van der Waals surface area (Å²) in [6.07, 6.45) is 3.76. The van der Waals surface area contributed by atoms with Gasteiger partial charge in [0, 0.05) is 56.5 Å². The highest BCUT2D eigenvalue weighted by atomic mass is 14.9. The lowest BCUT2D eigenvalue weighted by molar-refractivity contribution is 1.18. The number of aromatic nitrogens is 5. The van der Waals surface area contributed by atoms with Crippen molar-refractivity contribution in [1.82, 2.24) is 24.9 Å². The molecule has 11 rings (SSSR count). The summed E-state index contributed by atoms with van der Waals surface area (Å²) in [5.74, 6) is 0.675. The van der Waals surface area contributed by atoms with E-state index in [0.717, 1.165) is 111 Å². The first-order valence-corrected chi connectivity index (χ1v) is 20.5. The quantitative estimate of drug-likeness (QED) is 0.151. The van der Waals surface area contributed by atoms with Crippen molar-refractivity contribution in [2.75, 3.05) is 0 Å². The number of hydrogen-bond acceptors (Lipinski definition) is 5. The summed E-state index contributed by atoms with van der Waals surface area (Å²) in [6.45, 7) is 2.06. The number of rotatable bonds is 7. The molecule has 0 N–H and O–H groups in total. The second-order valence-electron chi connectivity index (χ2n) is 15.4. The van der Waals surface area contributed by atoms with Crippen LogP contribution in [0.3, 0.4) is 0 Å². The fourth-order valence-electron chi connectivity index (χ4n) is 8.39. The van der Waals surface area contributed by atoms with Crippen molar-refractivity contribution in [1.29, 1.82) is 0 Å². The monoisotopic (exact) mass is 779 g/mol. The Bertz CT molecular complexity index is 3410. The van der Waals surface area contributed by atoms with Gasteiger partial charge in [-0.15, -0.1) is 0 Å². The van der Waals surface area contributed by atoms with Crippen molar-refractivity contribution in [3.8, 4) is 78.5 Å². The summed E-state index contributed by atoms with van der Waals surface area (Å²) in [6, 6.07) is 67.9. The van der Waals surface area contributed by atoms with E-state index in [1.165, 1.54) is 0 Å². The Balaban J connectivity index is 0.959. The maximum absolute atomic E-state index is 5.23. The van der Waals surface area contributed by atoms with Crippen LogP contribution in [0.2, 0.25) is 0 Å². The maximum Gasteiger partial charge on any atom is 0.160 e. The second kappa shape index (κ2) is 15.2. The van der Waals surface area contributed by atoms with Crippen LogP contribution in [-0.2, 0) is 0 Å². The average Bonchev–Trinajstić information content (AvgIpc) is 3.34. The minimum Gasteiger partial charge on any atom is -0.264 e. The van der Waals surface area contributed by atoms with Gasteiger partial charge in [0.1, 0.15) is 0 Å². The van der Waals surface area contributed by atoms with Crippen LogP contribution in [-0.4, -0.2) is 24.9 Å². The standard InChI is InChI=1S/C56H37N5/c1-36-31-50(49-27-25-41-26-28-51(39-11-4-2-5-12-39)59-54(41)55(49)58-36)38-23-21-37(22-24-38)42-15-8-17-44(32-42)53-34-52(40-13-6-3-7-14-40)60-56(61-53)45-18-9-16-43(33-45)47-20-10-19-46-35-57-30-29-48(46)47/h2-35H,1H3. The molecule has 0 aliphatic heterocycles. The molecular formula is C56H37N5. The molecule has 0 fully saturated rings. The van der Waals surface area contributed by atoms with E-state index >= 15 is 0 Å². The summed E-state index contributed by atoms with van der Waals surface area (Å²) in [5, 5.41) is 4.42. The van der Waals surface area contributed by atoms with Crippen LogP contribution in [0, 0.1) is 6.92 Å². The van der Waals surface area contributed by atoms with E-state index in [9.17, 15) is 0 Å². The normalized spacial score (nSPS) is 11.4. The Morgan fingerprint density at radius 1 is 0.328 bits per heavy atom. The highest BCUT2D eigenvalue weighted by Crippen LogP contribution is 2.37. The Morgan fingerprint density at radius 2 is 0.967 bits per heavy atom. The van der Waals surface area contributed by atoms with E-state index in [1.54, 1.807) is 0 Å². The molecule has 5 nitrogen and oxygen atoms in total. The van der Waals surface area contributed by atoms with E-state index in [0.29, 0.717) is 5.82 Å². The average molecular weight is 780 g/mol. The van der Waals surface area contributed by atoms with Crippen molar-refractivity contribution in [3.63, 3.8) is 0 Å². The molecule has 0 aliphatic carbocycles. The Hall–Kier alpha value is -8.15. The second-order valence-corrected chi connectivity index (χ2v) is 15.4. The van der Waals surface area contributed by atoms with Crippen LogP contribution in [0.25, 0.3) is 111 Å². The molecular weight excluding hydrogens is 743 g/mol. The van der Waals surface area contributed by atoms with Gasteiger partial charge in [0.05, 0.1) is 28.1 Å². The lowest BCUT2D eigenvalue weighted by atomic mass is 9.95. The molecule has 0 unspecified atom stereocenters. The summed E-state index contributed by atoms with van der Waals surface area (Å²) in [4.78, 5) is 24.9. The molecule has 11 aromatic rings. The van der Waals surface area contributed by atoms with Gasteiger partial charge in [-0.05, 0) is 82.1 Å². The first kappa shape index (κ1) is 36.0. The van der Waals surface area contributed by atoms with E-state index in [2.05, 4.69) is 170 Å². The zero-order valence-electron chi connectivity index (χ0n) is 33.4. The number of pyridine rings is 3. The van der Waals surface area contributed by atoms with Crippen molar-refractivity contribution in [3.05, 3.63) is 212 Å². The number of fused-ring (bicyclic) bond motifs is 4. The molecule has 4 heterocycles. The first-order chi connectivity index (χ1) is 30.1. The zero-order chi connectivity index (χ0) is 40.7. The van der Waals surface area contributed by atoms with Crippen molar-refractivity contribution in [2.24, 2.45) is 0 Å². The van der Waals surface area contributed by atoms with Crippen molar-refractivity contribution in [2.45, 2.75) is 6.92 Å². The van der Waals surface area contributed by atoms with Crippen LogP contribution in [0.15, 0.2) is 207 Å². The summed E-state index contributed by atoms with van der Waals surface area (Å²) < 4.78 is 0. The zero-order valence-corrected chi connectivity index (χ0v) is 33.4. The largest absolute Gasteiger partial charge is 0.264 e. The summed E-state index contributed by atoms with van der Waals surface area (Å²) >= 11 is 0. The molecule has 0 bridgehead atoms. The predicted molar refractivity (Wildman–Crippen MR) is 251 cm³/mol. The van der Waals surface area contributed by atoms with Gasteiger partial charge in [-0.1, -0.05) is 158 Å². The van der Waals surface area contributed by atoms with Gasteiger partial charge in [-0.25, -0.2) is 15.0 Å². The van der Waals surface area contributed by atoms with E-state index < -0.39 is 0 Å². The summed E-state index contributed by atoms with van der Waals surface area (Å²) in [5.41, 5.74) is 16.3. The highest BCUT2D eigenvalue weighted by molar-refractivity contribution is 6.09. The maximum atomic E-state index is 5.23. The molecule has 7 aromatic carbocycles. The fraction of sp³-hybridized carbons (Fsp3) is 0.0179. The smallest absolute Gasteiger partial charge is 0.160 e. The highest BCUT2D eigenvalue weighted by Gasteiger charge is 2.15. The first-order valence-electron chi connectivity index (χ1n) is 20.5. The van der Waals surface area contributed by atoms with Crippen molar-refractivity contribution >= 4 is 32.6 Å². The van der Waals surface area contributed by atoms with E-state index in [4.69, 9.17) is 19.9 Å². The fourth-order valence-corrected chi connectivity index (χ4v) is 8.39. The van der Waals surface area contributed by atoms with Crippen LogP contribution in [0.5, 0.6) is 0 Å². The van der Waals surface area contributed by atoms with Gasteiger partial charge < -0.3 is 0 Å². The topological polar surface area (TPSA) is 64.5 Å². The molecule has 5 heteroatoms. The number of aryl methyl sites for hydroxylation is 1. The van der Waals surface area contributed by atoms with E-state index in [-0.39, 0.29) is 0 Å². The Morgan fingerprint density at radius 3 is 1.77 bits per heavy atom. The SMILES string of the molecule is Cc1cc(-c2ccc(-c3cccc(-c4cc(-c5ccccc5)nc(-c5cccc(-c6cccc7cnccc67)c5)n4)c3)cc2)c2ccc3ccc(-c4ccccc4)nc3c2n1. The number of benzene rings is 7. The molecule has 4 aromatic heterocycles. The van der Waals surface area contributed by atoms with Crippen molar-refractivity contribution < 1.29 is 0 Å². The molecule has 0 saturated heterocycles. The molecule has 0 saturated carbocycles. The molecule has 0 spiro atoms. The minimum atomic E-state index is 0.675. The van der Waals surface area contributed by atoms with Gasteiger partial charge in [0.15, 0.2) is 5.82 Å². The third-order valence-electron chi connectivity index (χ3n) is 11.4. The van der Waals surface area contributed by atoms with Gasteiger partial charge in [0.2, 0.25) is 0 Å². The molecule has 0 amide bonds. The lowest BCUT2D eigenvalue weighted by Gasteiger charge is -2.13. The molecule has 286 valence electrons. The molecule has 0 atom stereocenters. The summed E-state index contributed by atoms with van der Waals surface area (Å²) in [7, 11) is 0. The van der Waals surface area contributed by atoms with Gasteiger partial charge in [-0.3, -0.25) is 9.97 Å². The Kier molecular flexibility index (Phi) is 8.98. The van der Waals surface area contributed by atoms with Gasteiger partial charge in [-0.2, -0.15) is 0 Å². The van der Waals surface area contributed by atoms with Crippen LogP contribution in [0.4, 0.5) is 0 Å². The third-order valence-corrected chi connectivity index (χ3v) is 11.4. The van der Waals surface area contributed by atoms with Crippen LogP contribution < -0.4 is 0 Å². The predicted octanol–water partition coefficient (Wildman–Crippen LogP) is 14.1. The Labute approximate surface area is 353 Å². The third kappa shape index (κ3) is 6.88. The lowest BCUT2D eigenvalue weighted by Crippen LogP contribution is -1.96. The van der Waals surface area contributed by atoms with Gasteiger partial charge >= 0.3 is 0 Å². The van der Waals surface area contributed by atoms with E-state index in [1.807, 2.05) is 48.8 Å². The van der Waals surface area contributed by atoms with Gasteiger partial charge in [0.25, 0.3) is 0 Å². The number of hydrogen-bond donors (Lipinski definition) is 0.